The third-order valence-electron chi connectivity index (χ3n) is 4.07. The Kier molecular flexibility index (Phi) is 4.46. The van der Waals surface area contributed by atoms with Crippen molar-refractivity contribution >= 4 is 17.7 Å². The second-order valence-electron chi connectivity index (χ2n) is 5.57. The second-order valence-corrected chi connectivity index (χ2v) is 6.51. The number of thioether (sulfide) groups is 1. The average molecular weight is 312 g/mol. The Hall–Kier alpha value is -1.12. The van der Waals surface area contributed by atoms with Gasteiger partial charge in [0.2, 0.25) is 0 Å². The molecule has 8 heteroatoms. The van der Waals surface area contributed by atoms with Crippen LogP contribution in [-0.4, -0.2) is 68.3 Å². The van der Waals surface area contributed by atoms with Crippen molar-refractivity contribution in [1.29, 1.82) is 0 Å². The maximum atomic E-state index is 10.7. The minimum atomic E-state index is -0.846. The molecule has 0 radical (unpaired) electrons. The van der Waals surface area contributed by atoms with Gasteiger partial charge in [0.15, 0.2) is 5.16 Å². The van der Waals surface area contributed by atoms with Crippen LogP contribution >= 0.6 is 11.8 Å². The van der Waals surface area contributed by atoms with Gasteiger partial charge in [-0.3, -0.25) is 9.69 Å². The van der Waals surface area contributed by atoms with Crippen molar-refractivity contribution in [3.05, 3.63) is 5.82 Å². The molecule has 7 nitrogen and oxygen atoms in total. The number of nitrogens with zero attached hydrogens (tertiary/aromatic N) is 4. The van der Waals surface area contributed by atoms with Crippen LogP contribution in [0.3, 0.4) is 0 Å². The van der Waals surface area contributed by atoms with Crippen molar-refractivity contribution in [1.82, 2.24) is 19.7 Å². The van der Waals surface area contributed by atoms with Crippen molar-refractivity contribution in [2.75, 3.05) is 25.4 Å². The first kappa shape index (κ1) is 14.8. The Morgan fingerprint density at radius 2 is 2.38 bits per heavy atom. The van der Waals surface area contributed by atoms with E-state index in [0.29, 0.717) is 17.7 Å². The summed E-state index contributed by atoms with van der Waals surface area (Å²) in [4.78, 5) is 13.2. The average Bonchev–Trinajstić information content (AvgIpc) is 3.04. The van der Waals surface area contributed by atoms with Crippen molar-refractivity contribution in [3.8, 4) is 0 Å². The molecule has 3 heterocycles. The molecule has 0 bridgehead atoms. The number of fused-ring (bicyclic) bond motifs is 1. The highest BCUT2D eigenvalue weighted by Gasteiger charge is 2.32. The van der Waals surface area contributed by atoms with Crippen LogP contribution in [0.1, 0.15) is 18.7 Å². The van der Waals surface area contributed by atoms with Gasteiger partial charge in [0.1, 0.15) is 5.82 Å². The number of carboxylic acid groups (broad SMARTS) is 1. The summed E-state index contributed by atoms with van der Waals surface area (Å²) in [5, 5.41) is 17.6. The predicted molar refractivity (Wildman–Crippen MR) is 77.5 cm³/mol. The third kappa shape index (κ3) is 3.38. The van der Waals surface area contributed by atoms with Gasteiger partial charge in [-0.05, 0) is 26.3 Å². The quantitative estimate of drug-likeness (QED) is 0.799. The van der Waals surface area contributed by atoms with Crippen molar-refractivity contribution < 1.29 is 14.6 Å². The Morgan fingerprint density at radius 1 is 1.52 bits per heavy atom. The standard InChI is InChI=1S/C13H20N4O3S/c1-9-14-15-13(21-8-12(18)19)17(9)6-11-5-16-4-2-3-10(16)7-20-11/h10-11H,2-8H2,1H3,(H,18,19). The highest BCUT2D eigenvalue weighted by Crippen LogP contribution is 2.24. The molecule has 2 aliphatic rings. The minimum absolute atomic E-state index is 0.00213. The molecule has 1 aromatic heterocycles. The summed E-state index contributed by atoms with van der Waals surface area (Å²) >= 11 is 1.20. The summed E-state index contributed by atoms with van der Waals surface area (Å²) in [5.74, 6) is -0.0474. The van der Waals surface area contributed by atoms with Crippen LogP contribution in [0.5, 0.6) is 0 Å². The Bertz CT molecular complexity index is 522. The molecule has 0 amide bonds. The van der Waals surface area contributed by atoms with Gasteiger partial charge in [-0.25, -0.2) is 0 Å². The molecule has 2 unspecified atom stereocenters. The van der Waals surface area contributed by atoms with Gasteiger partial charge in [-0.2, -0.15) is 0 Å². The monoisotopic (exact) mass is 312 g/mol. The van der Waals surface area contributed by atoms with Gasteiger partial charge in [0, 0.05) is 12.6 Å². The SMILES string of the molecule is Cc1nnc(SCC(=O)O)n1CC1CN2CCCC2CO1. The fourth-order valence-corrected chi connectivity index (χ4v) is 3.72. The maximum Gasteiger partial charge on any atom is 0.313 e. The van der Waals surface area contributed by atoms with Crippen LogP contribution in [-0.2, 0) is 16.1 Å². The van der Waals surface area contributed by atoms with Crippen LogP contribution in [0, 0.1) is 6.92 Å². The van der Waals surface area contributed by atoms with Gasteiger partial charge in [0.05, 0.1) is 25.0 Å². The zero-order valence-electron chi connectivity index (χ0n) is 12.1. The van der Waals surface area contributed by atoms with E-state index in [-0.39, 0.29) is 11.9 Å². The molecule has 2 aliphatic heterocycles. The van der Waals surface area contributed by atoms with Crippen molar-refractivity contribution in [2.45, 2.75) is 43.6 Å². The number of hydrogen-bond donors (Lipinski definition) is 1. The summed E-state index contributed by atoms with van der Waals surface area (Å²) in [6.45, 7) is 5.46. The van der Waals surface area contributed by atoms with Crippen LogP contribution in [0.15, 0.2) is 5.16 Å². The van der Waals surface area contributed by atoms with E-state index >= 15 is 0 Å². The van der Waals surface area contributed by atoms with E-state index in [1.165, 1.54) is 24.6 Å². The summed E-state index contributed by atoms with van der Waals surface area (Å²) < 4.78 is 7.92. The van der Waals surface area contributed by atoms with E-state index in [1.54, 1.807) is 0 Å². The largest absolute Gasteiger partial charge is 0.481 e. The second kappa shape index (κ2) is 6.33. The van der Waals surface area contributed by atoms with E-state index in [2.05, 4.69) is 15.1 Å². The summed E-state index contributed by atoms with van der Waals surface area (Å²) in [5.41, 5.74) is 0. The number of aromatic nitrogens is 3. The van der Waals surface area contributed by atoms with Crippen LogP contribution < -0.4 is 0 Å². The van der Waals surface area contributed by atoms with E-state index in [9.17, 15) is 4.79 Å². The number of carbonyl (C=O) groups is 1. The predicted octanol–water partition coefficient (Wildman–Crippen LogP) is 0.626. The fourth-order valence-electron chi connectivity index (χ4n) is 3.00. The number of hydrogen-bond acceptors (Lipinski definition) is 6. The highest BCUT2D eigenvalue weighted by atomic mass is 32.2. The number of carboxylic acids is 1. The number of morpholine rings is 1. The van der Waals surface area contributed by atoms with Gasteiger partial charge < -0.3 is 14.4 Å². The molecule has 0 saturated carbocycles. The lowest BCUT2D eigenvalue weighted by molar-refractivity contribution is -0.133. The normalized spacial score (nSPS) is 26.0. The van der Waals surface area contributed by atoms with E-state index in [0.717, 1.165) is 25.5 Å². The number of ether oxygens (including phenoxy) is 1. The molecule has 0 aromatic carbocycles. The van der Waals surface area contributed by atoms with E-state index in [4.69, 9.17) is 9.84 Å². The molecule has 1 N–H and O–H groups in total. The first-order valence-corrected chi connectivity index (χ1v) is 8.22. The highest BCUT2D eigenvalue weighted by molar-refractivity contribution is 7.99. The third-order valence-corrected chi connectivity index (χ3v) is 5.03. The molecule has 0 aliphatic carbocycles. The van der Waals surface area contributed by atoms with Gasteiger partial charge in [0.25, 0.3) is 0 Å². The number of aryl methyl sites for hydroxylation is 1. The summed E-state index contributed by atoms with van der Waals surface area (Å²) in [7, 11) is 0. The zero-order valence-corrected chi connectivity index (χ0v) is 12.9. The number of aliphatic carboxylic acids is 1. The van der Waals surface area contributed by atoms with Crippen LogP contribution in [0.4, 0.5) is 0 Å². The molecular weight excluding hydrogens is 292 g/mol. The zero-order chi connectivity index (χ0) is 14.8. The number of rotatable bonds is 5. The van der Waals surface area contributed by atoms with Gasteiger partial charge >= 0.3 is 5.97 Å². The lowest BCUT2D eigenvalue weighted by Gasteiger charge is -2.35. The van der Waals surface area contributed by atoms with Crippen LogP contribution in [0.25, 0.3) is 0 Å². The lowest BCUT2D eigenvalue weighted by atomic mass is 10.2. The molecule has 116 valence electrons. The smallest absolute Gasteiger partial charge is 0.313 e. The van der Waals surface area contributed by atoms with E-state index < -0.39 is 5.97 Å². The molecule has 2 fully saturated rings. The van der Waals surface area contributed by atoms with E-state index in [1.807, 2.05) is 11.5 Å². The Morgan fingerprint density at radius 3 is 3.19 bits per heavy atom. The lowest BCUT2D eigenvalue weighted by Crippen LogP contribution is -2.47. The molecule has 21 heavy (non-hydrogen) atoms. The molecule has 1 aromatic rings. The summed E-state index contributed by atoms with van der Waals surface area (Å²) in [6, 6.07) is 0.587. The maximum absolute atomic E-state index is 10.7. The molecule has 3 rings (SSSR count). The first-order valence-electron chi connectivity index (χ1n) is 7.23. The van der Waals surface area contributed by atoms with Gasteiger partial charge in [-0.15, -0.1) is 10.2 Å². The minimum Gasteiger partial charge on any atom is -0.481 e. The molecule has 2 atom stereocenters. The van der Waals surface area contributed by atoms with Crippen molar-refractivity contribution in [2.24, 2.45) is 0 Å². The Labute approximate surface area is 127 Å². The van der Waals surface area contributed by atoms with Crippen LogP contribution in [0.2, 0.25) is 0 Å². The topological polar surface area (TPSA) is 80.5 Å². The molecule has 2 saturated heterocycles. The van der Waals surface area contributed by atoms with Crippen molar-refractivity contribution in [3.63, 3.8) is 0 Å². The van der Waals surface area contributed by atoms with Gasteiger partial charge in [-0.1, -0.05) is 11.8 Å². The summed E-state index contributed by atoms with van der Waals surface area (Å²) in [6.07, 6.45) is 2.61. The molecular formula is C13H20N4O3S. The molecule has 0 spiro atoms. The fraction of sp³-hybridized carbons (Fsp3) is 0.769. The first-order chi connectivity index (χ1) is 10.1. The Balaban J connectivity index is 1.64.